The number of hydrogen-bond donors (Lipinski definition) is 0. The van der Waals surface area contributed by atoms with Gasteiger partial charge in [-0.1, -0.05) is 18.2 Å². The molecule has 146 valence electrons. The molecule has 2 aromatic carbocycles. The summed E-state index contributed by atoms with van der Waals surface area (Å²) in [6, 6.07) is 8.78. The third-order valence-electron chi connectivity index (χ3n) is 4.80. The van der Waals surface area contributed by atoms with Gasteiger partial charge in [-0.15, -0.1) is 0 Å². The van der Waals surface area contributed by atoms with Crippen LogP contribution in [0, 0.1) is 17.5 Å². The quantitative estimate of drug-likeness (QED) is 0.741. The molecule has 1 atom stereocenters. The van der Waals surface area contributed by atoms with Crippen molar-refractivity contribution in [3.05, 3.63) is 82.3 Å². The largest absolute Gasteiger partial charge is 0.466 e. The van der Waals surface area contributed by atoms with Crippen LogP contribution < -0.4 is 0 Å². The van der Waals surface area contributed by atoms with E-state index in [9.17, 15) is 22.8 Å². The molecule has 0 aliphatic carbocycles. The van der Waals surface area contributed by atoms with Gasteiger partial charge in [-0.05, 0) is 36.2 Å². The lowest BCUT2D eigenvalue weighted by Crippen LogP contribution is -2.38. The van der Waals surface area contributed by atoms with Crippen LogP contribution in [0.4, 0.5) is 13.2 Å². The van der Waals surface area contributed by atoms with E-state index in [4.69, 9.17) is 4.74 Å². The van der Waals surface area contributed by atoms with Crippen molar-refractivity contribution < 1.29 is 27.5 Å². The van der Waals surface area contributed by atoms with E-state index in [-0.39, 0.29) is 30.0 Å². The molecule has 1 aliphatic heterocycles. The fourth-order valence-corrected chi connectivity index (χ4v) is 3.45. The van der Waals surface area contributed by atoms with Crippen molar-refractivity contribution in [1.29, 1.82) is 0 Å². The van der Waals surface area contributed by atoms with Crippen LogP contribution in [0.3, 0.4) is 0 Å². The zero-order valence-corrected chi connectivity index (χ0v) is 15.3. The molecule has 28 heavy (non-hydrogen) atoms. The van der Waals surface area contributed by atoms with Crippen LogP contribution in [-0.4, -0.2) is 23.9 Å². The summed E-state index contributed by atoms with van der Waals surface area (Å²) in [5.41, 5.74) is 0.994. The smallest absolute Gasteiger partial charge is 0.336 e. The van der Waals surface area contributed by atoms with Crippen molar-refractivity contribution in [3.8, 4) is 0 Å². The van der Waals surface area contributed by atoms with Crippen molar-refractivity contribution in [2.45, 2.75) is 25.8 Å². The Morgan fingerprint density at radius 3 is 2.50 bits per heavy atom. The van der Waals surface area contributed by atoms with Gasteiger partial charge in [0.25, 0.3) is 0 Å². The standard InChI is InChI=1S/C21H18F3NO3/c1-12-20(21(27)28-2)17(16-7-6-15(23)9-18(16)24)10-19(26)25(12)11-13-4-3-5-14(22)8-13/h3-9,17H,10-11H2,1-2H3/t17-/m1/s1. The monoisotopic (exact) mass is 389 g/mol. The van der Waals surface area contributed by atoms with Gasteiger partial charge < -0.3 is 9.64 Å². The first-order chi connectivity index (χ1) is 13.3. The molecular weight excluding hydrogens is 371 g/mol. The minimum atomic E-state index is -0.899. The number of amides is 1. The Labute approximate surface area is 160 Å². The van der Waals surface area contributed by atoms with Gasteiger partial charge in [0.05, 0.1) is 19.2 Å². The molecule has 0 N–H and O–H groups in total. The van der Waals surface area contributed by atoms with Crippen LogP contribution in [0.2, 0.25) is 0 Å². The third kappa shape index (κ3) is 3.78. The van der Waals surface area contributed by atoms with Crippen molar-refractivity contribution in [2.75, 3.05) is 7.11 Å². The molecule has 0 fully saturated rings. The molecule has 0 saturated carbocycles. The Kier molecular flexibility index (Phi) is 5.53. The predicted octanol–water partition coefficient (Wildman–Crippen LogP) is 4.07. The number of methoxy groups -OCH3 is 1. The van der Waals surface area contributed by atoms with E-state index >= 15 is 0 Å². The number of ether oxygens (including phenoxy) is 1. The highest BCUT2D eigenvalue weighted by Gasteiger charge is 2.37. The van der Waals surface area contributed by atoms with E-state index in [1.54, 1.807) is 13.0 Å². The van der Waals surface area contributed by atoms with Gasteiger partial charge >= 0.3 is 5.97 Å². The number of benzene rings is 2. The lowest BCUT2D eigenvalue weighted by Gasteiger charge is -2.34. The second-order valence-corrected chi connectivity index (χ2v) is 6.52. The molecule has 0 spiro atoms. The average Bonchev–Trinajstić information content (AvgIpc) is 2.64. The molecular formula is C21H18F3NO3. The van der Waals surface area contributed by atoms with Crippen LogP contribution in [0.1, 0.15) is 30.4 Å². The molecule has 0 radical (unpaired) electrons. The van der Waals surface area contributed by atoms with Gasteiger partial charge in [0, 0.05) is 24.1 Å². The highest BCUT2D eigenvalue weighted by molar-refractivity contribution is 5.95. The molecule has 1 heterocycles. The molecule has 3 rings (SSSR count). The van der Waals surface area contributed by atoms with Gasteiger partial charge in [0.1, 0.15) is 17.5 Å². The van der Waals surface area contributed by atoms with E-state index in [2.05, 4.69) is 0 Å². The Hall–Kier alpha value is -3.09. The van der Waals surface area contributed by atoms with Crippen molar-refractivity contribution in [1.82, 2.24) is 4.90 Å². The van der Waals surface area contributed by atoms with Crippen LogP contribution in [0.15, 0.2) is 53.7 Å². The highest BCUT2D eigenvalue weighted by atomic mass is 19.1. The normalized spacial score (nSPS) is 17.1. The summed E-state index contributed by atoms with van der Waals surface area (Å²) in [5, 5.41) is 0. The fourth-order valence-electron chi connectivity index (χ4n) is 3.45. The summed E-state index contributed by atoms with van der Waals surface area (Å²) >= 11 is 0. The van der Waals surface area contributed by atoms with Gasteiger partial charge in [-0.3, -0.25) is 4.79 Å². The van der Waals surface area contributed by atoms with Crippen LogP contribution in [0.5, 0.6) is 0 Å². The van der Waals surface area contributed by atoms with Crippen molar-refractivity contribution in [3.63, 3.8) is 0 Å². The lowest BCUT2D eigenvalue weighted by molar-refractivity contribution is -0.138. The molecule has 1 aliphatic rings. The summed E-state index contributed by atoms with van der Waals surface area (Å²) in [5.74, 6) is -4.00. The van der Waals surface area contributed by atoms with Crippen LogP contribution in [0.25, 0.3) is 0 Å². The highest BCUT2D eigenvalue weighted by Crippen LogP contribution is 2.38. The first kappa shape index (κ1) is 19.7. The van der Waals surface area contributed by atoms with Gasteiger partial charge in [0.2, 0.25) is 5.91 Å². The SMILES string of the molecule is COC(=O)C1=C(C)N(Cc2cccc(F)c2)C(=O)C[C@@H]1c1ccc(F)cc1F. The number of rotatable bonds is 4. The third-order valence-corrected chi connectivity index (χ3v) is 4.80. The molecule has 4 nitrogen and oxygen atoms in total. The second kappa shape index (κ2) is 7.88. The predicted molar refractivity (Wildman–Crippen MR) is 95.4 cm³/mol. The lowest BCUT2D eigenvalue weighted by atomic mass is 9.83. The number of carbonyl (C=O) groups excluding carboxylic acids is 2. The van der Waals surface area contributed by atoms with E-state index < -0.39 is 29.3 Å². The summed E-state index contributed by atoms with van der Waals surface area (Å²) in [6.07, 6.45) is -0.195. The minimum absolute atomic E-state index is 0.0416. The zero-order chi connectivity index (χ0) is 20.4. The van der Waals surface area contributed by atoms with Crippen LogP contribution in [-0.2, 0) is 20.9 Å². The number of esters is 1. The average molecular weight is 389 g/mol. The number of carbonyl (C=O) groups is 2. The Morgan fingerprint density at radius 1 is 1.14 bits per heavy atom. The van der Waals surface area contributed by atoms with E-state index in [1.165, 1.54) is 36.3 Å². The maximum absolute atomic E-state index is 14.3. The van der Waals surface area contributed by atoms with Crippen LogP contribution >= 0.6 is 0 Å². The molecule has 7 heteroatoms. The summed E-state index contributed by atoms with van der Waals surface area (Å²) in [7, 11) is 1.19. The number of halogens is 3. The molecule has 0 unspecified atom stereocenters. The molecule has 1 amide bonds. The first-order valence-corrected chi connectivity index (χ1v) is 8.60. The number of hydrogen-bond acceptors (Lipinski definition) is 3. The Balaban J connectivity index is 2.06. The van der Waals surface area contributed by atoms with E-state index in [0.29, 0.717) is 17.3 Å². The van der Waals surface area contributed by atoms with Gasteiger partial charge in [0.15, 0.2) is 0 Å². The summed E-state index contributed by atoms with van der Waals surface area (Å²) < 4.78 is 45.9. The Bertz CT molecular complexity index is 971. The Morgan fingerprint density at radius 2 is 1.86 bits per heavy atom. The summed E-state index contributed by atoms with van der Waals surface area (Å²) in [4.78, 5) is 26.5. The number of allylic oxidation sites excluding steroid dienone is 1. The number of nitrogens with zero attached hydrogens (tertiary/aromatic N) is 1. The van der Waals surface area contributed by atoms with E-state index in [1.807, 2.05) is 0 Å². The van der Waals surface area contributed by atoms with E-state index in [0.717, 1.165) is 6.07 Å². The molecule has 2 aromatic rings. The second-order valence-electron chi connectivity index (χ2n) is 6.52. The van der Waals surface area contributed by atoms with Crippen molar-refractivity contribution >= 4 is 11.9 Å². The molecule has 0 aromatic heterocycles. The first-order valence-electron chi connectivity index (χ1n) is 8.60. The zero-order valence-electron chi connectivity index (χ0n) is 15.3. The molecule has 0 saturated heterocycles. The van der Waals surface area contributed by atoms with Gasteiger partial charge in [-0.2, -0.15) is 0 Å². The van der Waals surface area contributed by atoms with Gasteiger partial charge in [-0.25, -0.2) is 18.0 Å². The molecule has 0 bridgehead atoms. The summed E-state index contributed by atoms with van der Waals surface area (Å²) in [6.45, 7) is 1.61. The fraction of sp³-hybridized carbons (Fsp3) is 0.238. The maximum Gasteiger partial charge on any atom is 0.336 e. The topological polar surface area (TPSA) is 46.6 Å². The van der Waals surface area contributed by atoms with Crippen molar-refractivity contribution in [2.24, 2.45) is 0 Å². The maximum atomic E-state index is 14.3. The minimum Gasteiger partial charge on any atom is -0.466 e.